The van der Waals surface area contributed by atoms with Gasteiger partial charge in [0.25, 0.3) is 0 Å². The molecule has 1 aliphatic rings. The quantitative estimate of drug-likeness (QED) is 0.828. The SMILES string of the molecule is CC1CCC(CNS(=O)(=O)c2c(Cl)cc(N)cc2Cl)C1. The molecule has 0 spiro atoms. The second-order valence-electron chi connectivity index (χ2n) is 5.45. The fourth-order valence-electron chi connectivity index (χ4n) is 2.65. The van der Waals surface area contributed by atoms with Crippen LogP contribution in [0.2, 0.25) is 10.0 Å². The molecule has 20 heavy (non-hydrogen) atoms. The Labute approximate surface area is 129 Å². The molecule has 0 aliphatic heterocycles. The maximum Gasteiger partial charge on any atom is 0.243 e. The summed E-state index contributed by atoms with van der Waals surface area (Å²) < 4.78 is 27.2. The molecule has 0 amide bonds. The van der Waals surface area contributed by atoms with E-state index in [4.69, 9.17) is 28.9 Å². The third-order valence-corrected chi connectivity index (χ3v) is 6.00. The highest BCUT2D eigenvalue weighted by Crippen LogP contribution is 2.33. The van der Waals surface area contributed by atoms with E-state index >= 15 is 0 Å². The Bertz CT molecular complexity index is 581. The van der Waals surface area contributed by atoms with Crippen LogP contribution in [-0.4, -0.2) is 15.0 Å². The number of nitrogen functional groups attached to an aromatic ring is 1. The molecule has 2 rings (SSSR count). The summed E-state index contributed by atoms with van der Waals surface area (Å²) in [5.41, 5.74) is 5.91. The van der Waals surface area contributed by atoms with Gasteiger partial charge in [0.05, 0.1) is 10.0 Å². The molecule has 1 aromatic rings. The second-order valence-corrected chi connectivity index (χ2v) is 7.97. The van der Waals surface area contributed by atoms with Gasteiger partial charge < -0.3 is 5.73 Å². The number of nitrogens with one attached hydrogen (secondary N) is 1. The van der Waals surface area contributed by atoms with Crippen molar-refractivity contribution in [2.45, 2.75) is 31.1 Å². The lowest BCUT2D eigenvalue weighted by atomic mass is 10.1. The zero-order valence-corrected chi connectivity index (χ0v) is 13.5. The molecule has 0 aromatic heterocycles. The lowest BCUT2D eigenvalue weighted by molar-refractivity contribution is 0.498. The fraction of sp³-hybridized carbons (Fsp3) is 0.538. The van der Waals surface area contributed by atoms with Crippen LogP contribution < -0.4 is 10.5 Å². The van der Waals surface area contributed by atoms with Gasteiger partial charge in [-0.15, -0.1) is 0 Å². The van der Waals surface area contributed by atoms with Crippen LogP contribution in [0.25, 0.3) is 0 Å². The van der Waals surface area contributed by atoms with Crippen molar-refractivity contribution in [2.75, 3.05) is 12.3 Å². The zero-order chi connectivity index (χ0) is 14.9. The monoisotopic (exact) mass is 336 g/mol. The number of hydrogen-bond acceptors (Lipinski definition) is 3. The first kappa shape index (κ1) is 15.9. The highest BCUT2D eigenvalue weighted by molar-refractivity contribution is 7.89. The van der Waals surface area contributed by atoms with Gasteiger partial charge in [-0.05, 0) is 36.8 Å². The van der Waals surface area contributed by atoms with Crippen LogP contribution in [0.15, 0.2) is 17.0 Å². The van der Waals surface area contributed by atoms with E-state index in [1.54, 1.807) is 0 Å². The van der Waals surface area contributed by atoms with Gasteiger partial charge in [0.1, 0.15) is 4.90 Å². The summed E-state index contributed by atoms with van der Waals surface area (Å²) in [6, 6.07) is 2.78. The molecule has 0 radical (unpaired) electrons. The topological polar surface area (TPSA) is 72.2 Å². The first-order valence-corrected chi connectivity index (χ1v) is 8.77. The molecule has 0 heterocycles. The Kier molecular flexibility index (Phi) is 4.84. The van der Waals surface area contributed by atoms with Crippen molar-refractivity contribution < 1.29 is 8.42 Å². The number of anilines is 1. The average molecular weight is 337 g/mol. The summed E-state index contributed by atoms with van der Waals surface area (Å²) >= 11 is 11.9. The van der Waals surface area contributed by atoms with Crippen molar-refractivity contribution in [2.24, 2.45) is 11.8 Å². The molecule has 0 bridgehead atoms. The van der Waals surface area contributed by atoms with Crippen LogP contribution in [0.1, 0.15) is 26.2 Å². The van der Waals surface area contributed by atoms with Gasteiger partial charge in [-0.1, -0.05) is 36.5 Å². The Balaban J connectivity index is 2.15. The number of halogens is 2. The largest absolute Gasteiger partial charge is 0.399 e. The van der Waals surface area contributed by atoms with E-state index in [0.29, 0.717) is 24.1 Å². The van der Waals surface area contributed by atoms with Crippen LogP contribution in [0.5, 0.6) is 0 Å². The Morgan fingerprint density at radius 1 is 1.30 bits per heavy atom. The van der Waals surface area contributed by atoms with Gasteiger partial charge in [0, 0.05) is 12.2 Å². The van der Waals surface area contributed by atoms with E-state index in [2.05, 4.69) is 11.6 Å². The standard InChI is InChI=1S/C13H18Cl2N2O2S/c1-8-2-3-9(4-8)7-17-20(18,19)13-11(14)5-10(16)6-12(13)15/h5-6,8-9,17H,2-4,7,16H2,1H3. The van der Waals surface area contributed by atoms with Crippen LogP contribution >= 0.6 is 23.2 Å². The molecule has 1 saturated carbocycles. The summed E-state index contributed by atoms with van der Waals surface area (Å²) in [5, 5.41) is 0.0876. The van der Waals surface area contributed by atoms with Gasteiger partial charge in [0.2, 0.25) is 10.0 Å². The minimum absolute atomic E-state index is 0.0438. The fourth-order valence-corrected chi connectivity index (χ4v) is 4.99. The number of nitrogens with two attached hydrogens (primary N) is 1. The number of hydrogen-bond donors (Lipinski definition) is 2. The van der Waals surface area contributed by atoms with E-state index in [9.17, 15) is 8.42 Å². The summed E-state index contributed by atoms with van der Waals surface area (Å²) in [6.07, 6.45) is 3.24. The highest BCUT2D eigenvalue weighted by Gasteiger charge is 2.26. The van der Waals surface area contributed by atoms with E-state index in [1.165, 1.54) is 12.1 Å². The van der Waals surface area contributed by atoms with Gasteiger partial charge in [-0.3, -0.25) is 0 Å². The smallest absolute Gasteiger partial charge is 0.243 e. The maximum atomic E-state index is 12.3. The molecule has 112 valence electrons. The van der Waals surface area contributed by atoms with Gasteiger partial charge >= 0.3 is 0 Å². The minimum atomic E-state index is -3.71. The van der Waals surface area contributed by atoms with Crippen molar-refractivity contribution in [1.82, 2.24) is 4.72 Å². The average Bonchev–Trinajstić information content (AvgIpc) is 2.71. The van der Waals surface area contributed by atoms with Crippen molar-refractivity contribution >= 4 is 38.9 Å². The number of benzene rings is 1. The molecule has 1 fully saturated rings. The maximum absolute atomic E-state index is 12.3. The zero-order valence-electron chi connectivity index (χ0n) is 11.2. The third kappa shape index (κ3) is 3.58. The summed E-state index contributed by atoms with van der Waals surface area (Å²) in [4.78, 5) is -0.0962. The first-order chi connectivity index (χ1) is 9.29. The number of rotatable bonds is 4. The van der Waals surface area contributed by atoms with Crippen LogP contribution in [0.3, 0.4) is 0 Å². The van der Waals surface area contributed by atoms with Crippen molar-refractivity contribution in [3.63, 3.8) is 0 Å². The van der Waals surface area contributed by atoms with Crippen LogP contribution in [0, 0.1) is 11.8 Å². The Morgan fingerprint density at radius 2 is 1.90 bits per heavy atom. The van der Waals surface area contributed by atoms with E-state index in [-0.39, 0.29) is 14.9 Å². The first-order valence-electron chi connectivity index (χ1n) is 6.54. The van der Waals surface area contributed by atoms with Crippen molar-refractivity contribution in [3.8, 4) is 0 Å². The summed E-state index contributed by atoms with van der Waals surface area (Å²) in [5.74, 6) is 1.04. The van der Waals surface area contributed by atoms with Crippen LogP contribution in [-0.2, 0) is 10.0 Å². The van der Waals surface area contributed by atoms with E-state index in [0.717, 1.165) is 19.3 Å². The number of sulfonamides is 1. The minimum Gasteiger partial charge on any atom is -0.399 e. The summed E-state index contributed by atoms with van der Waals surface area (Å²) in [6.45, 7) is 2.60. The Hall–Kier alpha value is -0.490. The van der Waals surface area contributed by atoms with Crippen molar-refractivity contribution in [3.05, 3.63) is 22.2 Å². The van der Waals surface area contributed by atoms with Crippen LogP contribution in [0.4, 0.5) is 5.69 Å². The molecule has 7 heteroatoms. The van der Waals surface area contributed by atoms with Crippen molar-refractivity contribution in [1.29, 1.82) is 0 Å². The highest BCUT2D eigenvalue weighted by atomic mass is 35.5. The second kappa shape index (κ2) is 6.10. The van der Waals surface area contributed by atoms with Gasteiger partial charge in [0.15, 0.2) is 0 Å². The molecule has 0 saturated heterocycles. The predicted octanol–water partition coefficient (Wildman–Crippen LogP) is 3.29. The van der Waals surface area contributed by atoms with Gasteiger partial charge in [-0.2, -0.15) is 0 Å². The molecule has 4 nitrogen and oxygen atoms in total. The molecular formula is C13H18Cl2N2O2S. The normalized spacial score (nSPS) is 23.1. The lowest BCUT2D eigenvalue weighted by Crippen LogP contribution is -2.29. The van der Waals surface area contributed by atoms with E-state index in [1.807, 2.05) is 0 Å². The predicted molar refractivity (Wildman–Crippen MR) is 82.6 cm³/mol. The molecule has 1 aromatic carbocycles. The molecule has 1 aliphatic carbocycles. The lowest BCUT2D eigenvalue weighted by Gasteiger charge is -2.14. The molecule has 2 unspecified atom stereocenters. The molecular weight excluding hydrogens is 319 g/mol. The Morgan fingerprint density at radius 3 is 2.40 bits per heavy atom. The third-order valence-electron chi connectivity index (χ3n) is 3.65. The summed E-state index contributed by atoms with van der Waals surface area (Å²) in [7, 11) is -3.71. The molecule has 3 N–H and O–H groups in total. The van der Waals surface area contributed by atoms with E-state index < -0.39 is 10.0 Å². The van der Waals surface area contributed by atoms with Gasteiger partial charge in [-0.25, -0.2) is 13.1 Å². The molecule has 2 atom stereocenters.